The van der Waals surface area contributed by atoms with Crippen molar-refractivity contribution in [2.45, 2.75) is 25.7 Å². The summed E-state index contributed by atoms with van der Waals surface area (Å²) < 4.78 is 1.07. The number of hydrogen-bond acceptors (Lipinski definition) is 5. The van der Waals surface area contributed by atoms with Gasteiger partial charge in [0.2, 0.25) is 0 Å². The van der Waals surface area contributed by atoms with Gasteiger partial charge in [-0.2, -0.15) is 0 Å². The molecule has 6 heteroatoms. The van der Waals surface area contributed by atoms with Gasteiger partial charge in [0.1, 0.15) is 17.5 Å². The van der Waals surface area contributed by atoms with Gasteiger partial charge in [-0.25, -0.2) is 15.8 Å². The summed E-state index contributed by atoms with van der Waals surface area (Å²) >= 11 is 3.53. The van der Waals surface area contributed by atoms with Crippen LogP contribution in [0.4, 0.5) is 17.3 Å². The van der Waals surface area contributed by atoms with Crippen LogP contribution in [0.15, 0.2) is 28.7 Å². The molecule has 0 saturated heterocycles. The standard InChI is InChI=1S/C14H16BrN5/c1-8-10(15)3-2-4-11(8)17-12-7-13(20-16)19-14(18-12)9-5-6-9/h2-4,7,9H,5-6,16H2,1H3,(H2,17,18,19,20). The molecule has 0 radical (unpaired) electrons. The second-order valence-corrected chi connectivity index (χ2v) is 5.81. The van der Waals surface area contributed by atoms with E-state index in [9.17, 15) is 0 Å². The van der Waals surface area contributed by atoms with Gasteiger partial charge in [0.25, 0.3) is 0 Å². The second kappa shape index (κ2) is 5.38. The number of nitrogen functional groups attached to an aromatic ring is 1. The van der Waals surface area contributed by atoms with E-state index < -0.39 is 0 Å². The molecule has 104 valence electrons. The van der Waals surface area contributed by atoms with Gasteiger partial charge in [0.15, 0.2) is 0 Å². The summed E-state index contributed by atoms with van der Waals surface area (Å²) in [5.74, 6) is 8.21. The molecule has 20 heavy (non-hydrogen) atoms. The quantitative estimate of drug-likeness (QED) is 0.590. The largest absolute Gasteiger partial charge is 0.340 e. The average molecular weight is 334 g/mol. The first-order chi connectivity index (χ1) is 9.67. The van der Waals surface area contributed by atoms with Crippen molar-refractivity contribution in [3.8, 4) is 0 Å². The molecule has 1 aromatic carbocycles. The SMILES string of the molecule is Cc1c(Br)cccc1Nc1cc(NN)nc(C2CC2)n1. The lowest BCUT2D eigenvalue weighted by Crippen LogP contribution is -2.11. The average Bonchev–Trinajstić information content (AvgIpc) is 3.28. The lowest BCUT2D eigenvalue weighted by Gasteiger charge is -2.12. The topological polar surface area (TPSA) is 75.9 Å². The Morgan fingerprint density at radius 3 is 2.70 bits per heavy atom. The predicted octanol–water partition coefficient (Wildman–Crippen LogP) is 3.45. The minimum Gasteiger partial charge on any atom is -0.340 e. The minimum atomic E-state index is 0.479. The fourth-order valence-electron chi connectivity index (χ4n) is 2.01. The molecule has 3 rings (SSSR count). The van der Waals surface area contributed by atoms with E-state index in [2.05, 4.69) is 43.6 Å². The lowest BCUT2D eigenvalue weighted by atomic mass is 10.2. The number of benzene rings is 1. The first-order valence-electron chi connectivity index (χ1n) is 6.55. The molecule has 1 aliphatic carbocycles. The van der Waals surface area contributed by atoms with Gasteiger partial charge in [0, 0.05) is 22.1 Å². The van der Waals surface area contributed by atoms with Crippen molar-refractivity contribution in [3.05, 3.63) is 40.1 Å². The number of rotatable bonds is 4. The zero-order chi connectivity index (χ0) is 14.1. The Kier molecular flexibility index (Phi) is 3.58. The van der Waals surface area contributed by atoms with Crippen LogP contribution in [0.5, 0.6) is 0 Å². The number of halogens is 1. The summed E-state index contributed by atoms with van der Waals surface area (Å²) in [4.78, 5) is 8.98. The number of hydrogen-bond donors (Lipinski definition) is 3. The van der Waals surface area contributed by atoms with Crippen LogP contribution in [0.2, 0.25) is 0 Å². The fourth-order valence-corrected chi connectivity index (χ4v) is 2.38. The first-order valence-corrected chi connectivity index (χ1v) is 7.34. The van der Waals surface area contributed by atoms with E-state index in [-0.39, 0.29) is 0 Å². The molecule has 1 saturated carbocycles. The third-order valence-corrected chi connectivity index (χ3v) is 4.22. The molecule has 1 fully saturated rings. The Bertz CT molecular complexity index is 639. The first kappa shape index (κ1) is 13.3. The Morgan fingerprint density at radius 2 is 2.00 bits per heavy atom. The monoisotopic (exact) mass is 333 g/mol. The summed E-state index contributed by atoms with van der Waals surface area (Å²) in [5, 5.41) is 3.33. The van der Waals surface area contributed by atoms with Crippen molar-refractivity contribution in [1.29, 1.82) is 0 Å². The van der Waals surface area contributed by atoms with Gasteiger partial charge in [-0.15, -0.1) is 0 Å². The number of nitrogens with one attached hydrogen (secondary N) is 2. The molecule has 5 nitrogen and oxygen atoms in total. The van der Waals surface area contributed by atoms with Crippen molar-refractivity contribution >= 4 is 33.3 Å². The third-order valence-electron chi connectivity index (χ3n) is 3.36. The Balaban J connectivity index is 1.93. The van der Waals surface area contributed by atoms with Crippen molar-refractivity contribution in [2.75, 3.05) is 10.7 Å². The molecule has 0 amide bonds. The molecule has 0 atom stereocenters. The minimum absolute atomic E-state index is 0.479. The second-order valence-electron chi connectivity index (χ2n) is 4.95. The van der Waals surface area contributed by atoms with Crippen molar-refractivity contribution in [1.82, 2.24) is 9.97 Å². The Labute approximate surface area is 126 Å². The molecular formula is C14H16BrN5. The zero-order valence-electron chi connectivity index (χ0n) is 11.2. The molecule has 2 aromatic rings. The molecule has 0 aliphatic heterocycles. The highest BCUT2D eigenvalue weighted by atomic mass is 79.9. The van der Waals surface area contributed by atoms with Crippen LogP contribution in [0.3, 0.4) is 0 Å². The van der Waals surface area contributed by atoms with Crippen LogP contribution in [0.25, 0.3) is 0 Å². The summed E-state index contributed by atoms with van der Waals surface area (Å²) in [6, 6.07) is 7.84. The highest BCUT2D eigenvalue weighted by Gasteiger charge is 2.27. The number of nitrogens with zero attached hydrogens (tertiary/aromatic N) is 2. The Hall–Kier alpha value is -1.66. The molecule has 4 N–H and O–H groups in total. The van der Waals surface area contributed by atoms with E-state index in [1.54, 1.807) is 0 Å². The van der Waals surface area contributed by atoms with Crippen LogP contribution in [-0.2, 0) is 0 Å². The number of aromatic nitrogens is 2. The summed E-state index contributed by atoms with van der Waals surface area (Å²) in [5.41, 5.74) is 4.76. The summed E-state index contributed by atoms with van der Waals surface area (Å²) in [6.45, 7) is 2.05. The van der Waals surface area contributed by atoms with Gasteiger partial charge in [-0.05, 0) is 37.5 Å². The molecule has 1 heterocycles. The van der Waals surface area contributed by atoms with Gasteiger partial charge >= 0.3 is 0 Å². The van der Waals surface area contributed by atoms with Crippen molar-refractivity contribution in [2.24, 2.45) is 5.84 Å². The van der Waals surface area contributed by atoms with Crippen LogP contribution in [0.1, 0.15) is 30.1 Å². The highest BCUT2D eigenvalue weighted by molar-refractivity contribution is 9.10. The number of hydrazine groups is 1. The molecule has 1 aromatic heterocycles. The molecule has 0 unspecified atom stereocenters. The molecule has 0 spiro atoms. The zero-order valence-corrected chi connectivity index (χ0v) is 12.7. The number of anilines is 3. The maximum absolute atomic E-state index is 5.48. The van der Waals surface area contributed by atoms with Crippen molar-refractivity contribution < 1.29 is 0 Å². The van der Waals surface area contributed by atoms with E-state index in [0.717, 1.165) is 40.2 Å². The lowest BCUT2D eigenvalue weighted by molar-refractivity contribution is 0.929. The van der Waals surface area contributed by atoms with Crippen LogP contribution in [-0.4, -0.2) is 9.97 Å². The maximum Gasteiger partial charge on any atom is 0.145 e. The van der Waals surface area contributed by atoms with E-state index >= 15 is 0 Å². The smallest absolute Gasteiger partial charge is 0.145 e. The third kappa shape index (κ3) is 2.76. The van der Waals surface area contributed by atoms with E-state index in [4.69, 9.17) is 5.84 Å². The summed E-state index contributed by atoms with van der Waals surface area (Å²) in [7, 11) is 0. The van der Waals surface area contributed by atoms with Crippen molar-refractivity contribution in [3.63, 3.8) is 0 Å². The molecular weight excluding hydrogens is 318 g/mol. The van der Waals surface area contributed by atoms with E-state index in [0.29, 0.717) is 11.7 Å². The van der Waals surface area contributed by atoms with Gasteiger partial charge < -0.3 is 10.7 Å². The molecule has 1 aliphatic rings. The van der Waals surface area contributed by atoms with Crippen LogP contribution in [0, 0.1) is 6.92 Å². The fraction of sp³-hybridized carbons (Fsp3) is 0.286. The summed E-state index contributed by atoms with van der Waals surface area (Å²) in [6.07, 6.45) is 2.31. The van der Waals surface area contributed by atoms with Gasteiger partial charge in [-0.1, -0.05) is 22.0 Å². The van der Waals surface area contributed by atoms with Gasteiger partial charge in [0.05, 0.1) is 0 Å². The van der Waals surface area contributed by atoms with Crippen LogP contribution < -0.4 is 16.6 Å². The predicted molar refractivity (Wildman–Crippen MR) is 84.0 cm³/mol. The van der Waals surface area contributed by atoms with E-state index in [1.165, 1.54) is 0 Å². The highest BCUT2D eigenvalue weighted by Crippen LogP contribution is 2.39. The maximum atomic E-state index is 5.48. The van der Waals surface area contributed by atoms with Gasteiger partial charge in [-0.3, -0.25) is 0 Å². The molecule has 0 bridgehead atoms. The van der Waals surface area contributed by atoms with E-state index in [1.807, 2.05) is 24.3 Å². The normalized spacial score (nSPS) is 14.2. The van der Waals surface area contributed by atoms with Crippen LogP contribution >= 0.6 is 15.9 Å². The number of nitrogens with two attached hydrogens (primary N) is 1. The Morgan fingerprint density at radius 1 is 1.25 bits per heavy atom.